The lowest BCUT2D eigenvalue weighted by atomic mass is 9.78. The fourth-order valence-corrected chi connectivity index (χ4v) is 4.05. The lowest BCUT2D eigenvalue weighted by Gasteiger charge is -2.51. The molecule has 0 N–H and O–H groups in total. The van der Waals surface area contributed by atoms with Crippen molar-refractivity contribution >= 4 is 5.91 Å². The number of carbonyl (C=O) groups excluding carboxylic acids is 1. The Labute approximate surface area is 140 Å². The zero-order valence-electron chi connectivity index (χ0n) is 13.7. The second-order valence-electron chi connectivity index (χ2n) is 6.90. The number of amides is 1. The highest BCUT2D eigenvalue weighted by atomic mass is 19.4. The zero-order chi connectivity index (χ0) is 17.2. The molecule has 1 aromatic carbocycles. The van der Waals surface area contributed by atoms with E-state index < -0.39 is 17.6 Å². The van der Waals surface area contributed by atoms with Gasteiger partial charge >= 0.3 is 12.1 Å². The monoisotopic (exact) mass is 340 g/mol. The number of hydrogen-bond acceptors (Lipinski definition) is 2. The van der Waals surface area contributed by atoms with Gasteiger partial charge in [-0.3, -0.25) is 9.69 Å². The van der Waals surface area contributed by atoms with Gasteiger partial charge in [0, 0.05) is 31.7 Å². The summed E-state index contributed by atoms with van der Waals surface area (Å²) in [5.74, 6) is -1.65. The van der Waals surface area contributed by atoms with E-state index in [0.717, 1.165) is 31.0 Å². The lowest BCUT2D eigenvalue weighted by Crippen LogP contribution is -2.61. The number of benzene rings is 1. The molecule has 0 aromatic heterocycles. The maximum absolute atomic E-state index is 12.9. The first kappa shape index (κ1) is 17.3. The molecule has 2 heterocycles. The Morgan fingerprint density at radius 2 is 1.67 bits per heavy atom. The average molecular weight is 340 g/mol. The highest BCUT2D eigenvalue weighted by Gasteiger charge is 2.51. The fraction of sp³-hybridized carbons (Fsp3) is 0.611. The molecule has 3 nitrogen and oxygen atoms in total. The lowest BCUT2D eigenvalue weighted by molar-refractivity contribution is -0.196. The highest BCUT2D eigenvalue weighted by molar-refractivity contribution is 5.82. The second kappa shape index (κ2) is 6.75. The van der Waals surface area contributed by atoms with E-state index in [-0.39, 0.29) is 6.54 Å². The van der Waals surface area contributed by atoms with Crippen LogP contribution in [0.25, 0.3) is 0 Å². The summed E-state index contributed by atoms with van der Waals surface area (Å²) in [5, 5.41) is 0. The third-order valence-electron chi connectivity index (χ3n) is 5.37. The van der Waals surface area contributed by atoms with Crippen molar-refractivity contribution < 1.29 is 18.0 Å². The number of piperidine rings is 2. The average Bonchev–Trinajstić information content (AvgIpc) is 2.57. The molecule has 1 amide bonds. The van der Waals surface area contributed by atoms with Gasteiger partial charge in [-0.1, -0.05) is 30.3 Å². The molecule has 2 aliphatic rings. The smallest absolute Gasteiger partial charge is 0.329 e. The maximum Gasteiger partial charge on any atom is 0.471 e. The standard InChI is InChI=1S/C18H23F3N2O/c19-18(20,21)16(24)23-11-5-4-8-17(23)9-12-22(13-10-17)14-15-6-2-1-3-7-15/h1-3,6-7H,4-5,8-14H2. The van der Waals surface area contributed by atoms with Gasteiger partial charge in [-0.25, -0.2) is 0 Å². The summed E-state index contributed by atoms with van der Waals surface area (Å²) in [6.45, 7) is 2.51. The van der Waals surface area contributed by atoms with Gasteiger partial charge in [-0.05, 0) is 37.7 Å². The minimum atomic E-state index is -4.77. The van der Waals surface area contributed by atoms with Crippen molar-refractivity contribution in [1.29, 1.82) is 0 Å². The van der Waals surface area contributed by atoms with Crippen LogP contribution in [-0.4, -0.2) is 47.1 Å². The Kier molecular flexibility index (Phi) is 4.85. The number of nitrogens with zero attached hydrogens (tertiary/aromatic N) is 2. The van der Waals surface area contributed by atoms with Crippen LogP contribution < -0.4 is 0 Å². The predicted molar refractivity (Wildman–Crippen MR) is 85.3 cm³/mol. The molecule has 132 valence electrons. The Morgan fingerprint density at radius 1 is 1.00 bits per heavy atom. The third kappa shape index (κ3) is 3.58. The van der Waals surface area contributed by atoms with Crippen LogP contribution in [0.2, 0.25) is 0 Å². The SMILES string of the molecule is O=C(N1CCCCC12CCN(Cc1ccccc1)CC2)C(F)(F)F. The zero-order valence-corrected chi connectivity index (χ0v) is 13.7. The van der Waals surface area contributed by atoms with Crippen LogP contribution in [0.1, 0.15) is 37.7 Å². The molecule has 1 aromatic rings. The van der Waals surface area contributed by atoms with Crippen LogP contribution >= 0.6 is 0 Å². The number of hydrogen-bond donors (Lipinski definition) is 0. The number of carbonyl (C=O) groups is 1. The van der Waals surface area contributed by atoms with E-state index in [1.54, 1.807) is 0 Å². The minimum Gasteiger partial charge on any atom is -0.329 e. The van der Waals surface area contributed by atoms with Crippen LogP contribution in [-0.2, 0) is 11.3 Å². The largest absolute Gasteiger partial charge is 0.471 e. The van der Waals surface area contributed by atoms with Gasteiger partial charge in [-0.15, -0.1) is 0 Å². The van der Waals surface area contributed by atoms with Crippen LogP contribution in [0.3, 0.4) is 0 Å². The van der Waals surface area contributed by atoms with Gasteiger partial charge in [0.05, 0.1) is 0 Å². The molecule has 1 spiro atoms. The molecule has 0 atom stereocenters. The first-order valence-corrected chi connectivity index (χ1v) is 8.56. The summed E-state index contributed by atoms with van der Waals surface area (Å²) in [5.41, 5.74) is 0.609. The van der Waals surface area contributed by atoms with E-state index in [1.165, 1.54) is 5.56 Å². The second-order valence-corrected chi connectivity index (χ2v) is 6.90. The summed E-state index contributed by atoms with van der Waals surface area (Å²) in [7, 11) is 0. The Bertz CT molecular complexity index is 565. The molecule has 2 saturated heterocycles. The summed E-state index contributed by atoms with van der Waals surface area (Å²) in [6, 6.07) is 10.1. The molecular weight excluding hydrogens is 317 g/mol. The molecule has 0 aliphatic carbocycles. The van der Waals surface area contributed by atoms with Gasteiger partial charge in [0.25, 0.3) is 0 Å². The summed E-state index contributed by atoms with van der Waals surface area (Å²) >= 11 is 0. The van der Waals surface area contributed by atoms with Crippen molar-refractivity contribution in [1.82, 2.24) is 9.80 Å². The van der Waals surface area contributed by atoms with E-state index in [1.807, 2.05) is 18.2 Å². The Hall–Kier alpha value is -1.56. The van der Waals surface area contributed by atoms with Crippen LogP contribution in [0.15, 0.2) is 30.3 Å². The Morgan fingerprint density at radius 3 is 2.29 bits per heavy atom. The highest BCUT2D eigenvalue weighted by Crippen LogP contribution is 2.39. The van der Waals surface area contributed by atoms with Crippen molar-refractivity contribution in [3.63, 3.8) is 0 Å². The van der Waals surface area contributed by atoms with Gasteiger partial charge < -0.3 is 4.90 Å². The minimum absolute atomic E-state index is 0.233. The van der Waals surface area contributed by atoms with Crippen LogP contribution in [0.4, 0.5) is 13.2 Å². The molecular formula is C18H23F3N2O. The quantitative estimate of drug-likeness (QED) is 0.821. The van der Waals surface area contributed by atoms with Gasteiger partial charge in [0.15, 0.2) is 0 Å². The molecule has 0 unspecified atom stereocenters. The van der Waals surface area contributed by atoms with Gasteiger partial charge in [0.1, 0.15) is 0 Å². The molecule has 24 heavy (non-hydrogen) atoms. The van der Waals surface area contributed by atoms with Crippen molar-refractivity contribution in [3.8, 4) is 0 Å². The van der Waals surface area contributed by atoms with Crippen molar-refractivity contribution in [2.45, 2.75) is 50.4 Å². The van der Waals surface area contributed by atoms with Crippen molar-refractivity contribution in [3.05, 3.63) is 35.9 Å². The molecule has 2 aliphatic heterocycles. The van der Waals surface area contributed by atoms with Crippen LogP contribution in [0, 0.1) is 0 Å². The van der Waals surface area contributed by atoms with E-state index in [2.05, 4.69) is 17.0 Å². The maximum atomic E-state index is 12.9. The van der Waals surface area contributed by atoms with Crippen LogP contribution in [0.5, 0.6) is 0 Å². The first-order valence-electron chi connectivity index (χ1n) is 8.56. The number of rotatable bonds is 2. The first-order chi connectivity index (χ1) is 11.4. The van der Waals surface area contributed by atoms with E-state index in [9.17, 15) is 18.0 Å². The molecule has 0 saturated carbocycles. The number of halogens is 3. The predicted octanol–water partition coefficient (Wildman–Crippen LogP) is 3.60. The summed E-state index contributed by atoms with van der Waals surface area (Å²) in [6.07, 6.45) is -1.26. The third-order valence-corrected chi connectivity index (χ3v) is 5.37. The molecule has 3 rings (SSSR count). The van der Waals surface area contributed by atoms with Gasteiger partial charge in [-0.2, -0.15) is 13.2 Å². The molecule has 0 radical (unpaired) electrons. The number of likely N-dealkylation sites (tertiary alicyclic amines) is 2. The fourth-order valence-electron chi connectivity index (χ4n) is 4.05. The van der Waals surface area contributed by atoms with E-state index in [4.69, 9.17) is 0 Å². The van der Waals surface area contributed by atoms with Gasteiger partial charge in [0.2, 0.25) is 0 Å². The molecule has 6 heteroatoms. The summed E-state index contributed by atoms with van der Waals surface area (Å²) in [4.78, 5) is 15.3. The topological polar surface area (TPSA) is 23.6 Å². The van der Waals surface area contributed by atoms with Crippen molar-refractivity contribution in [2.24, 2.45) is 0 Å². The van der Waals surface area contributed by atoms with E-state index >= 15 is 0 Å². The normalized spacial score (nSPS) is 21.9. The van der Waals surface area contributed by atoms with Crippen molar-refractivity contribution in [2.75, 3.05) is 19.6 Å². The number of alkyl halides is 3. The summed E-state index contributed by atoms with van der Waals surface area (Å²) < 4.78 is 38.8. The molecule has 0 bridgehead atoms. The molecule has 2 fully saturated rings. The van der Waals surface area contributed by atoms with E-state index in [0.29, 0.717) is 25.7 Å². The Balaban J connectivity index is 1.67.